The second kappa shape index (κ2) is 6.59. The van der Waals surface area contributed by atoms with Crippen molar-refractivity contribution in [2.24, 2.45) is 5.73 Å². The van der Waals surface area contributed by atoms with Crippen LogP contribution in [0.25, 0.3) is 0 Å². The van der Waals surface area contributed by atoms with E-state index >= 15 is 0 Å². The molecule has 2 atom stereocenters. The van der Waals surface area contributed by atoms with E-state index in [4.69, 9.17) is 22.1 Å². The molecule has 0 saturated heterocycles. The standard InChI is InChI=1S/C15H18ClNO2S/c1-9-7-20-8-13(9)15(18)12(6-17)11-5-10(16)3-4-14(11)19-2/h3-5,7-8,12,15,18H,6,17H2,1-2H3. The van der Waals surface area contributed by atoms with Gasteiger partial charge in [0.05, 0.1) is 13.2 Å². The number of hydrogen-bond donors (Lipinski definition) is 2. The molecule has 0 aliphatic rings. The van der Waals surface area contributed by atoms with E-state index in [1.807, 2.05) is 23.8 Å². The molecular formula is C15H18ClNO2S. The van der Waals surface area contributed by atoms with Gasteiger partial charge in [-0.3, -0.25) is 0 Å². The zero-order valence-corrected chi connectivity index (χ0v) is 13.0. The molecule has 0 amide bonds. The third-order valence-electron chi connectivity index (χ3n) is 3.44. The summed E-state index contributed by atoms with van der Waals surface area (Å²) in [7, 11) is 1.60. The monoisotopic (exact) mass is 311 g/mol. The molecule has 0 bridgehead atoms. The van der Waals surface area contributed by atoms with Crippen molar-refractivity contribution in [3.8, 4) is 5.75 Å². The molecule has 0 saturated carbocycles. The number of hydrogen-bond acceptors (Lipinski definition) is 4. The van der Waals surface area contributed by atoms with Gasteiger partial charge < -0.3 is 15.6 Å². The number of aliphatic hydroxyl groups excluding tert-OH is 1. The Morgan fingerprint density at radius 3 is 2.65 bits per heavy atom. The van der Waals surface area contributed by atoms with E-state index in [1.54, 1.807) is 30.6 Å². The van der Waals surface area contributed by atoms with Gasteiger partial charge in [-0.05, 0) is 47.0 Å². The van der Waals surface area contributed by atoms with Crippen molar-refractivity contribution in [1.29, 1.82) is 0 Å². The van der Waals surface area contributed by atoms with Crippen molar-refractivity contribution in [3.05, 3.63) is 50.7 Å². The molecule has 1 heterocycles. The summed E-state index contributed by atoms with van der Waals surface area (Å²) in [6.45, 7) is 2.30. The van der Waals surface area contributed by atoms with Crippen LogP contribution in [0, 0.1) is 6.92 Å². The lowest BCUT2D eigenvalue weighted by molar-refractivity contribution is 0.146. The van der Waals surface area contributed by atoms with Crippen LogP contribution in [-0.2, 0) is 0 Å². The second-order valence-electron chi connectivity index (χ2n) is 4.68. The molecule has 5 heteroatoms. The van der Waals surface area contributed by atoms with E-state index in [2.05, 4.69) is 0 Å². The fourth-order valence-electron chi connectivity index (χ4n) is 2.31. The van der Waals surface area contributed by atoms with E-state index < -0.39 is 6.10 Å². The highest BCUT2D eigenvalue weighted by molar-refractivity contribution is 7.08. The number of methoxy groups -OCH3 is 1. The molecule has 0 radical (unpaired) electrons. The normalized spacial score (nSPS) is 14.1. The minimum Gasteiger partial charge on any atom is -0.496 e. The molecule has 3 N–H and O–H groups in total. The Kier molecular flexibility index (Phi) is 5.05. The van der Waals surface area contributed by atoms with Gasteiger partial charge in [0.1, 0.15) is 5.75 Å². The summed E-state index contributed by atoms with van der Waals surface area (Å²) in [5.74, 6) is 0.439. The molecule has 0 spiro atoms. The maximum absolute atomic E-state index is 10.6. The quantitative estimate of drug-likeness (QED) is 0.888. The van der Waals surface area contributed by atoms with E-state index in [0.717, 1.165) is 16.7 Å². The van der Waals surface area contributed by atoms with E-state index in [9.17, 15) is 5.11 Å². The van der Waals surface area contributed by atoms with E-state index in [0.29, 0.717) is 17.3 Å². The molecule has 0 aliphatic heterocycles. The first-order valence-electron chi connectivity index (χ1n) is 6.32. The smallest absolute Gasteiger partial charge is 0.122 e. The van der Waals surface area contributed by atoms with E-state index in [-0.39, 0.29) is 5.92 Å². The van der Waals surface area contributed by atoms with Gasteiger partial charge in [-0.2, -0.15) is 11.3 Å². The van der Waals surface area contributed by atoms with Crippen LogP contribution in [0.2, 0.25) is 5.02 Å². The zero-order chi connectivity index (χ0) is 14.7. The van der Waals surface area contributed by atoms with Crippen LogP contribution >= 0.6 is 22.9 Å². The predicted octanol–water partition coefficient (Wildman–Crippen LogP) is 3.49. The molecule has 1 aromatic heterocycles. The Morgan fingerprint density at radius 1 is 1.35 bits per heavy atom. The topological polar surface area (TPSA) is 55.5 Å². The van der Waals surface area contributed by atoms with Crippen molar-refractivity contribution in [2.75, 3.05) is 13.7 Å². The summed E-state index contributed by atoms with van der Waals surface area (Å²) in [4.78, 5) is 0. The van der Waals surface area contributed by atoms with Crippen molar-refractivity contribution in [3.63, 3.8) is 0 Å². The summed E-state index contributed by atoms with van der Waals surface area (Å²) in [5, 5.41) is 15.2. The highest BCUT2D eigenvalue weighted by Crippen LogP contribution is 2.38. The highest BCUT2D eigenvalue weighted by atomic mass is 35.5. The van der Waals surface area contributed by atoms with Crippen LogP contribution in [0.4, 0.5) is 0 Å². The van der Waals surface area contributed by atoms with Crippen molar-refractivity contribution >= 4 is 22.9 Å². The van der Waals surface area contributed by atoms with Crippen LogP contribution < -0.4 is 10.5 Å². The number of halogens is 1. The SMILES string of the molecule is COc1ccc(Cl)cc1C(CN)C(O)c1cscc1C. The van der Waals surface area contributed by atoms with Crippen molar-refractivity contribution in [2.45, 2.75) is 18.9 Å². The molecule has 108 valence electrons. The van der Waals surface area contributed by atoms with Crippen LogP contribution in [0.3, 0.4) is 0 Å². The minimum absolute atomic E-state index is 0.253. The third kappa shape index (κ3) is 2.99. The van der Waals surface area contributed by atoms with Gasteiger partial charge in [0, 0.05) is 23.0 Å². The fourth-order valence-corrected chi connectivity index (χ4v) is 3.37. The van der Waals surface area contributed by atoms with Crippen molar-refractivity contribution < 1.29 is 9.84 Å². The van der Waals surface area contributed by atoms with Crippen LogP contribution in [0.1, 0.15) is 28.7 Å². The molecule has 0 fully saturated rings. The summed E-state index contributed by atoms with van der Waals surface area (Å²) < 4.78 is 5.36. The molecular weight excluding hydrogens is 294 g/mol. The van der Waals surface area contributed by atoms with Gasteiger partial charge in [0.2, 0.25) is 0 Å². The maximum Gasteiger partial charge on any atom is 0.122 e. The number of ether oxygens (including phenoxy) is 1. The predicted molar refractivity (Wildman–Crippen MR) is 83.8 cm³/mol. The Morgan fingerprint density at radius 2 is 2.10 bits per heavy atom. The number of benzene rings is 1. The summed E-state index contributed by atoms with van der Waals surface area (Å²) in [6, 6.07) is 5.37. The lowest BCUT2D eigenvalue weighted by Crippen LogP contribution is -2.21. The summed E-state index contributed by atoms with van der Waals surface area (Å²) >= 11 is 7.63. The van der Waals surface area contributed by atoms with Gasteiger partial charge in [0.15, 0.2) is 0 Å². The highest BCUT2D eigenvalue weighted by Gasteiger charge is 2.26. The number of nitrogens with two attached hydrogens (primary N) is 1. The number of aryl methyl sites for hydroxylation is 1. The fraction of sp³-hybridized carbons (Fsp3) is 0.333. The maximum atomic E-state index is 10.6. The molecule has 3 nitrogen and oxygen atoms in total. The average Bonchev–Trinajstić information content (AvgIpc) is 2.86. The van der Waals surface area contributed by atoms with Crippen LogP contribution in [-0.4, -0.2) is 18.8 Å². The lowest BCUT2D eigenvalue weighted by atomic mass is 9.88. The summed E-state index contributed by atoms with van der Waals surface area (Å²) in [5.41, 5.74) is 8.70. The molecule has 2 aromatic rings. The van der Waals surface area contributed by atoms with Gasteiger partial charge in [0.25, 0.3) is 0 Å². The molecule has 2 rings (SSSR count). The first-order valence-corrected chi connectivity index (χ1v) is 7.64. The Balaban J connectivity index is 2.42. The molecule has 1 aromatic carbocycles. The van der Waals surface area contributed by atoms with Crippen molar-refractivity contribution in [1.82, 2.24) is 0 Å². The van der Waals surface area contributed by atoms with Gasteiger partial charge in [-0.1, -0.05) is 11.6 Å². The Hall–Kier alpha value is -1.07. The van der Waals surface area contributed by atoms with Gasteiger partial charge in [-0.25, -0.2) is 0 Å². The third-order valence-corrected chi connectivity index (χ3v) is 4.55. The van der Waals surface area contributed by atoms with Crippen LogP contribution in [0.15, 0.2) is 29.0 Å². The number of aliphatic hydroxyl groups is 1. The number of thiophene rings is 1. The Labute approximate surface area is 128 Å². The average molecular weight is 312 g/mol. The van der Waals surface area contributed by atoms with Crippen LogP contribution in [0.5, 0.6) is 5.75 Å². The largest absolute Gasteiger partial charge is 0.496 e. The molecule has 20 heavy (non-hydrogen) atoms. The summed E-state index contributed by atoms with van der Waals surface area (Å²) in [6.07, 6.45) is -0.668. The lowest BCUT2D eigenvalue weighted by Gasteiger charge is -2.24. The first kappa shape index (κ1) is 15.3. The first-order chi connectivity index (χ1) is 9.58. The minimum atomic E-state index is -0.668. The molecule has 2 unspecified atom stereocenters. The van der Waals surface area contributed by atoms with Gasteiger partial charge >= 0.3 is 0 Å². The van der Waals surface area contributed by atoms with E-state index in [1.165, 1.54) is 0 Å². The number of rotatable bonds is 5. The van der Waals surface area contributed by atoms with Gasteiger partial charge in [-0.15, -0.1) is 0 Å². The molecule has 0 aliphatic carbocycles. The second-order valence-corrected chi connectivity index (χ2v) is 5.86. The zero-order valence-electron chi connectivity index (χ0n) is 11.5. The Bertz CT molecular complexity index is 585.